The van der Waals surface area contributed by atoms with E-state index in [1.807, 2.05) is 26.0 Å². The predicted octanol–water partition coefficient (Wildman–Crippen LogP) is 1.82. The van der Waals surface area contributed by atoms with Crippen LogP contribution >= 0.6 is 0 Å². The van der Waals surface area contributed by atoms with Gasteiger partial charge < -0.3 is 10.1 Å². The number of nitrogens with one attached hydrogen (secondary N) is 1. The summed E-state index contributed by atoms with van der Waals surface area (Å²) in [5.41, 5.74) is 2.27. The van der Waals surface area contributed by atoms with Gasteiger partial charge in [-0.05, 0) is 44.0 Å². The van der Waals surface area contributed by atoms with E-state index >= 15 is 0 Å². The lowest BCUT2D eigenvalue weighted by atomic mass is 10.1. The van der Waals surface area contributed by atoms with Crippen LogP contribution in [-0.2, 0) is 4.79 Å². The molecule has 0 aromatic heterocycles. The molecule has 1 atom stereocenters. The SMILES string of the molecule is CNC(=O)[C@@H](C)Oc1cc(C)cc(C)c1. The third-order valence-corrected chi connectivity index (χ3v) is 2.12. The minimum absolute atomic E-state index is 0.117. The van der Waals surface area contributed by atoms with Crippen LogP contribution in [0.4, 0.5) is 0 Å². The number of amides is 1. The minimum Gasteiger partial charge on any atom is -0.481 e. The molecule has 15 heavy (non-hydrogen) atoms. The third-order valence-electron chi connectivity index (χ3n) is 2.12. The van der Waals surface area contributed by atoms with E-state index in [4.69, 9.17) is 4.74 Å². The molecule has 1 N–H and O–H groups in total. The molecular weight excluding hydrogens is 190 g/mol. The van der Waals surface area contributed by atoms with Gasteiger partial charge in [0.1, 0.15) is 5.75 Å². The molecule has 1 rings (SSSR count). The number of hydrogen-bond acceptors (Lipinski definition) is 2. The highest BCUT2D eigenvalue weighted by Crippen LogP contribution is 2.17. The van der Waals surface area contributed by atoms with Gasteiger partial charge in [-0.2, -0.15) is 0 Å². The maximum absolute atomic E-state index is 11.2. The summed E-state index contributed by atoms with van der Waals surface area (Å²) < 4.78 is 5.52. The van der Waals surface area contributed by atoms with Crippen LogP contribution in [0.1, 0.15) is 18.1 Å². The quantitative estimate of drug-likeness (QED) is 0.821. The maximum atomic E-state index is 11.2. The van der Waals surface area contributed by atoms with Crippen molar-refractivity contribution in [3.05, 3.63) is 29.3 Å². The highest BCUT2D eigenvalue weighted by molar-refractivity contribution is 5.80. The fraction of sp³-hybridized carbons (Fsp3) is 0.417. The van der Waals surface area contributed by atoms with Crippen molar-refractivity contribution in [2.75, 3.05) is 7.05 Å². The number of carbonyl (C=O) groups is 1. The van der Waals surface area contributed by atoms with Gasteiger partial charge in [0.05, 0.1) is 0 Å². The van der Waals surface area contributed by atoms with Crippen molar-refractivity contribution >= 4 is 5.91 Å². The lowest BCUT2D eigenvalue weighted by Gasteiger charge is -2.14. The highest BCUT2D eigenvalue weighted by Gasteiger charge is 2.12. The monoisotopic (exact) mass is 207 g/mol. The lowest BCUT2D eigenvalue weighted by molar-refractivity contribution is -0.126. The van der Waals surface area contributed by atoms with E-state index in [1.54, 1.807) is 14.0 Å². The van der Waals surface area contributed by atoms with Crippen molar-refractivity contribution in [1.82, 2.24) is 5.32 Å². The van der Waals surface area contributed by atoms with Gasteiger partial charge in [0.25, 0.3) is 5.91 Å². The van der Waals surface area contributed by atoms with Gasteiger partial charge in [0.15, 0.2) is 6.10 Å². The molecule has 1 aromatic carbocycles. The number of hydrogen-bond donors (Lipinski definition) is 1. The van der Waals surface area contributed by atoms with Crippen molar-refractivity contribution in [3.63, 3.8) is 0 Å². The second-order valence-electron chi connectivity index (χ2n) is 3.70. The molecule has 3 heteroatoms. The molecule has 3 nitrogen and oxygen atoms in total. The molecule has 0 spiro atoms. The molecular formula is C12H17NO2. The summed E-state index contributed by atoms with van der Waals surface area (Å²) in [7, 11) is 1.60. The van der Waals surface area contributed by atoms with Crippen molar-refractivity contribution < 1.29 is 9.53 Å². The summed E-state index contributed by atoms with van der Waals surface area (Å²) in [5.74, 6) is 0.623. The smallest absolute Gasteiger partial charge is 0.260 e. The first-order valence-electron chi connectivity index (χ1n) is 4.99. The van der Waals surface area contributed by atoms with Crippen molar-refractivity contribution in [1.29, 1.82) is 0 Å². The Bertz CT molecular complexity index is 340. The van der Waals surface area contributed by atoms with Crippen LogP contribution in [0.15, 0.2) is 18.2 Å². The van der Waals surface area contributed by atoms with Crippen LogP contribution in [0.25, 0.3) is 0 Å². The second-order valence-corrected chi connectivity index (χ2v) is 3.70. The van der Waals surface area contributed by atoms with Gasteiger partial charge in [0, 0.05) is 7.05 Å². The molecule has 0 radical (unpaired) electrons. The molecule has 0 saturated heterocycles. The molecule has 0 unspecified atom stereocenters. The summed E-state index contributed by atoms with van der Waals surface area (Å²) >= 11 is 0. The zero-order valence-corrected chi connectivity index (χ0v) is 9.63. The van der Waals surface area contributed by atoms with Crippen molar-refractivity contribution in [3.8, 4) is 5.75 Å². The summed E-state index contributed by atoms with van der Waals surface area (Å²) in [6.07, 6.45) is -0.462. The molecule has 0 bridgehead atoms. The number of carbonyl (C=O) groups excluding carboxylic acids is 1. The normalized spacial score (nSPS) is 12.0. The Labute approximate surface area is 90.4 Å². The number of rotatable bonds is 3. The zero-order valence-electron chi connectivity index (χ0n) is 9.63. The Kier molecular flexibility index (Phi) is 3.72. The summed E-state index contributed by atoms with van der Waals surface area (Å²) in [4.78, 5) is 11.2. The number of likely N-dealkylation sites (N-methyl/N-ethyl adjacent to an activating group) is 1. The Morgan fingerprint density at radius 2 is 1.80 bits per heavy atom. The molecule has 0 heterocycles. The minimum atomic E-state index is -0.462. The van der Waals surface area contributed by atoms with E-state index in [0.717, 1.165) is 16.9 Å². The van der Waals surface area contributed by atoms with Crippen LogP contribution in [-0.4, -0.2) is 19.1 Å². The third kappa shape index (κ3) is 3.27. The lowest BCUT2D eigenvalue weighted by Crippen LogP contribution is -2.33. The molecule has 1 aromatic rings. The van der Waals surface area contributed by atoms with Gasteiger partial charge in [-0.3, -0.25) is 4.79 Å². The Balaban J connectivity index is 2.76. The summed E-state index contributed by atoms with van der Waals surface area (Å²) in [6, 6.07) is 5.91. The van der Waals surface area contributed by atoms with E-state index in [2.05, 4.69) is 11.4 Å². The number of aryl methyl sites for hydroxylation is 2. The molecule has 0 aliphatic rings. The topological polar surface area (TPSA) is 38.3 Å². The van der Waals surface area contributed by atoms with E-state index in [1.165, 1.54) is 0 Å². The molecule has 0 aliphatic carbocycles. The Morgan fingerprint density at radius 1 is 1.27 bits per heavy atom. The fourth-order valence-electron chi connectivity index (χ4n) is 1.46. The van der Waals surface area contributed by atoms with Crippen molar-refractivity contribution in [2.45, 2.75) is 26.9 Å². The van der Waals surface area contributed by atoms with Gasteiger partial charge in [-0.1, -0.05) is 6.07 Å². The van der Waals surface area contributed by atoms with Crippen molar-refractivity contribution in [2.24, 2.45) is 0 Å². The van der Waals surface area contributed by atoms with Crippen LogP contribution in [0.3, 0.4) is 0 Å². The van der Waals surface area contributed by atoms with E-state index in [-0.39, 0.29) is 5.91 Å². The molecule has 82 valence electrons. The Morgan fingerprint density at radius 3 is 2.27 bits per heavy atom. The average molecular weight is 207 g/mol. The molecule has 0 aliphatic heterocycles. The average Bonchev–Trinajstić information content (AvgIpc) is 2.14. The van der Waals surface area contributed by atoms with Crippen LogP contribution < -0.4 is 10.1 Å². The zero-order chi connectivity index (χ0) is 11.4. The Hall–Kier alpha value is -1.51. The van der Waals surface area contributed by atoms with Crippen LogP contribution in [0.5, 0.6) is 5.75 Å². The maximum Gasteiger partial charge on any atom is 0.260 e. The molecule has 0 saturated carbocycles. The molecule has 0 fully saturated rings. The van der Waals surface area contributed by atoms with Crippen LogP contribution in [0.2, 0.25) is 0 Å². The van der Waals surface area contributed by atoms with E-state index in [0.29, 0.717) is 0 Å². The first-order chi connectivity index (χ1) is 7.02. The summed E-state index contributed by atoms with van der Waals surface area (Å²) in [6.45, 7) is 5.74. The largest absolute Gasteiger partial charge is 0.481 e. The van der Waals surface area contributed by atoms with E-state index in [9.17, 15) is 4.79 Å². The second kappa shape index (κ2) is 4.82. The fourth-order valence-corrected chi connectivity index (χ4v) is 1.46. The van der Waals surface area contributed by atoms with E-state index < -0.39 is 6.10 Å². The first-order valence-corrected chi connectivity index (χ1v) is 4.99. The van der Waals surface area contributed by atoms with Crippen LogP contribution in [0, 0.1) is 13.8 Å². The number of benzene rings is 1. The standard InChI is InChI=1S/C12H17NO2/c1-8-5-9(2)7-11(6-8)15-10(3)12(14)13-4/h5-7,10H,1-4H3,(H,13,14)/t10-/m1/s1. The molecule has 1 amide bonds. The van der Waals surface area contributed by atoms with Gasteiger partial charge >= 0.3 is 0 Å². The first kappa shape index (κ1) is 11.6. The highest BCUT2D eigenvalue weighted by atomic mass is 16.5. The van der Waals surface area contributed by atoms with Gasteiger partial charge in [0.2, 0.25) is 0 Å². The summed E-state index contributed by atoms with van der Waals surface area (Å²) in [5, 5.41) is 2.55. The van der Waals surface area contributed by atoms with Gasteiger partial charge in [-0.15, -0.1) is 0 Å². The van der Waals surface area contributed by atoms with Gasteiger partial charge in [-0.25, -0.2) is 0 Å². The number of ether oxygens (including phenoxy) is 1. The predicted molar refractivity (Wildman–Crippen MR) is 60.1 cm³/mol.